The van der Waals surface area contributed by atoms with E-state index in [9.17, 15) is 4.79 Å². The summed E-state index contributed by atoms with van der Waals surface area (Å²) in [6, 6.07) is 0.529. The van der Waals surface area contributed by atoms with Crippen molar-refractivity contribution in [3.63, 3.8) is 0 Å². The number of hydrogen-bond donors (Lipinski definition) is 0. The molecule has 1 aliphatic carbocycles. The van der Waals surface area contributed by atoms with Crippen LogP contribution in [0.2, 0.25) is 0 Å². The van der Waals surface area contributed by atoms with Gasteiger partial charge in [-0.2, -0.15) is 0 Å². The van der Waals surface area contributed by atoms with Crippen molar-refractivity contribution < 1.29 is 9.53 Å². The maximum Gasteiger partial charge on any atom is 0.410 e. The summed E-state index contributed by atoms with van der Waals surface area (Å²) in [5.74, 6) is 0.408. The molecule has 3 aliphatic rings. The Morgan fingerprint density at radius 2 is 1.70 bits per heavy atom. The third kappa shape index (κ3) is 8.77. The fourth-order valence-corrected chi connectivity index (χ4v) is 5.59. The molecule has 2 aliphatic heterocycles. The molecular weight excluding hydrogens is 408 g/mol. The maximum atomic E-state index is 13.3. The van der Waals surface area contributed by atoms with E-state index in [-0.39, 0.29) is 11.6 Å². The standard InChI is InChI=1S/C27H46N2O2.C2H6/c1-26(2,3)31-25(30)29-21-23(22-15-11-7-6-8-12-16-22)19-24(20-27(29,4)5)28-17-13-9-10-14-18-28;1-2/h7,11,15,23-24H,6,8-10,12-14,16-21H2,1-5H3;1-2H3/b11-7-,22-15+;/t23?,24-;/m0./s1. The largest absolute Gasteiger partial charge is 0.444 e. The Morgan fingerprint density at radius 3 is 2.33 bits per heavy atom. The lowest BCUT2D eigenvalue weighted by molar-refractivity contribution is -0.000275. The van der Waals surface area contributed by atoms with Crippen LogP contribution in [0.25, 0.3) is 0 Å². The molecule has 4 nitrogen and oxygen atoms in total. The molecule has 2 saturated heterocycles. The summed E-state index contributed by atoms with van der Waals surface area (Å²) in [4.78, 5) is 18.1. The first kappa shape index (κ1) is 28.0. The van der Waals surface area contributed by atoms with Crippen LogP contribution < -0.4 is 0 Å². The highest BCUT2D eigenvalue weighted by atomic mass is 16.6. The van der Waals surface area contributed by atoms with Crippen molar-refractivity contribution in [1.29, 1.82) is 0 Å². The minimum Gasteiger partial charge on any atom is -0.444 e. The molecular formula is C29H52N2O2. The predicted molar refractivity (Wildman–Crippen MR) is 141 cm³/mol. The smallest absolute Gasteiger partial charge is 0.410 e. The Kier molecular flexibility index (Phi) is 11.0. The molecule has 2 heterocycles. The number of rotatable bonds is 2. The summed E-state index contributed by atoms with van der Waals surface area (Å²) in [6.45, 7) is 17.6. The minimum atomic E-state index is -0.471. The van der Waals surface area contributed by atoms with E-state index in [2.05, 4.69) is 41.9 Å². The molecule has 0 radical (unpaired) electrons. The zero-order chi connectivity index (χ0) is 24.5. The zero-order valence-electron chi connectivity index (χ0n) is 22.8. The van der Waals surface area contributed by atoms with Crippen LogP contribution in [0.15, 0.2) is 23.8 Å². The van der Waals surface area contributed by atoms with E-state index in [1.165, 1.54) is 63.6 Å². The average molecular weight is 461 g/mol. The molecule has 2 fully saturated rings. The van der Waals surface area contributed by atoms with E-state index in [0.29, 0.717) is 12.0 Å². The lowest BCUT2D eigenvalue weighted by atomic mass is 9.86. The molecule has 0 aromatic heterocycles. The van der Waals surface area contributed by atoms with E-state index in [4.69, 9.17) is 4.74 Å². The van der Waals surface area contributed by atoms with Crippen molar-refractivity contribution in [2.75, 3.05) is 19.6 Å². The summed E-state index contributed by atoms with van der Waals surface area (Å²) in [5, 5.41) is 0. The first-order chi connectivity index (χ1) is 15.7. The Hall–Kier alpha value is -1.29. The summed E-state index contributed by atoms with van der Waals surface area (Å²) in [6.07, 6.45) is 19.1. The molecule has 2 atom stereocenters. The van der Waals surface area contributed by atoms with Crippen LogP contribution in [0.5, 0.6) is 0 Å². The van der Waals surface area contributed by atoms with Crippen LogP contribution in [0.4, 0.5) is 4.79 Å². The van der Waals surface area contributed by atoms with Gasteiger partial charge in [0.15, 0.2) is 0 Å². The topological polar surface area (TPSA) is 32.8 Å². The monoisotopic (exact) mass is 460 g/mol. The van der Waals surface area contributed by atoms with Crippen LogP contribution >= 0.6 is 0 Å². The molecule has 0 aromatic rings. The number of nitrogens with zero attached hydrogens (tertiary/aromatic N) is 2. The van der Waals surface area contributed by atoms with E-state index < -0.39 is 5.60 Å². The predicted octanol–water partition coefficient (Wildman–Crippen LogP) is 7.74. The molecule has 1 amide bonds. The van der Waals surface area contributed by atoms with Gasteiger partial charge in [0.1, 0.15) is 5.60 Å². The third-order valence-corrected chi connectivity index (χ3v) is 7.25. The third-order valence-electron chi connectivity index (χ3n) is 7.25. The number of allylic oxidation sites excluding steroid dienone is 3. The van der Waals surface area contributed by atoms with Crippen molar-refractivity contribution in [3.05, 3.63) is 23.8 Å². The van der Waals surface area contributed by atoms with Crippen molar-refractivity contribution in [2.24, 2.45) is 5.92 Å². The van der Waals surface area contributed by atoms with Crippen LogP contribution in [-0.4, -0.2) is 52.7 Å². The zero-order valence-corrected chi connectivity index (χ0v) is 22.8. The van der Waals surface area contributed by atoms with Crippen molar-refractivity contribution in [2.45, 2.75) is 130 Å². The molecule has 4 heteroatoms. The first-order valence-corrected chi connectivity index (χ1v) is 13.8. The summed E-state index contributed by atoms with van der Waals surface area (Å²) < 4.78 is 5.89. The SMILES string of the molecule is CC.CC(C)(C)OC(=O)N1CC(/C2=C/C=C\CCCC2)C[C@H](N2CCCCCC2)CC1(C)C. The fourth-order valence-electron chi connectivity index (χ4n) is 5.59. The van der Waals surface area contributed by atoms with Crippen LogP contribution in [-0.2, 0) is 4.74 Å². The lowest BCUT2D eigenvalue weighted by Crippen LogP contribution is -2.51. The van der Waals surface area contributed by atoms with Gasteiger partial charge in [-0.05, 0) is 105 Å². The molecule has 0 saturated carbocycles. The van der Waals surface area contributed by atoms with E-state index in [1.54, 1.807) is 0 Å². The average Bonchev–Trinajstić information content (AvgIpc) is 3.06. The minimum absolute atomic E-state index is 0.152. The summed E-state index contributed by atoms with van der Waals surface area (Å²) in [5.41, 5.74) is 0.843. The molecule has 0 spiro atoms. The van der Waals surface area contributed by atoms with Gasteiger partial charge in [0.2, 0.25) is 0 Å². The quantitative estimate of drug-likeness (QED) is 0.422. The number of amides is 1. The Labute approximate surface area is 204 Å². The first-order valence-electron chi connectivity index (χ1n) is 13.8. The fraction of sp³-hybridized carbons (Fsp3) is 0.828. The van der Waals surface area contributed by atoms with Crippen molar-refractivity contribution in [1.82, 2.24) is 9.80 Å². The molecule has 3 rings (SSSR count). The highest BCUT2D eigenvalue weighted by molar-refractivity contribution is 5.69. The molecule has 33 heavy (non-hydrogen) atoms. The summed E-state index contributed by atoms with van der Waals surface area (Å²) >= 11 is 0. The molecule has 0 aromatic carbocycles. The van der Waals surface area contributed by atoms with Gasteiger partial charge in [0.25, 0.3) is 0 Å². The molecule has 0 N–H and O–H groups in total. The van der Waals surface area contributed by atoms with Gasteiger partial charge in [-0.1, -0.05) is 50.5 Å². The van der Waals surface area contributed by atoms with Crippen molar-refractivity contribution >= 4 is 6.09 Å². The van der Waals surface area contributed by atoms with Gasteiger partial charge in [0, 0.05) is 18.1 Å². The highest BCUT2D eigenvalue weighted by Crippen LogP contribution is 2.38. The van der Waals surface area contributed by atoms with E-state index in [1.807, 2.05) is 34.6 Å². The molecule has 1 unspecified atom stereocenters. The van der Waals surface area contributed by atoms with Crippen LogP contribution in [0.3, 0.4) is 0 Å². The number of carbonyl (C=O) groups excluding carboxylic acids is 1. The van der Waals surface area contributed by atoms with Gasteiger partial charge < -0.3 is 14.5 Å². The van der Waals surface area contributed by atoms with Crippen LogP contribution in [0.1, 0.15) is 113 Å². The second kappa shape index (κ2) is 13.0. The molecule has 190 valence electrons. The lowest BCUT2D eigenvalue weighted by Gasteiger charge is -2.41. The van der Waals surface area contributed by atoms with E-state index >= 15 is 0 Å². The van der Waals surface area contributed by atoms with E-state index in [0.717, 1.165) is 25.8 Å². The Balaban J connectivity index is 0.00000187. The molecule has 0 bridgehead atoms. The maximum absolute atomic E-state index is 13.3. The highest BCUT2D eigenvalue weighted by Gasteiger charge is 2.42. The van der Waals surface area contributed by atoms with Gasteiger partial charge >= 0.3 is 6.09 Å². The number of carbonyl (C=O) groups is 1. The summed E-state index contributed by atoms with van der Waals surface area (Å²) in [7, 11) is 0. The van der Waals surface area contributed by atoms with Crippen LogP contribution in [0, 0.1) is 5.92 Å². The number of hydrogen-bond acceptors (Lipinski definition) is 3. The second-order valence-electron chi connectivity index (χ2n) is 11.6. The van der Waals surface area contributed by atoms with Gasteiger partial charge in [-0.25, -0.2) is 4.79 Å². The normalized spacial score (nSPS) is 29.7. The van der Waals surface area contributed by atoms with Gasteiger partial charge in [-0.3, -0.25) is 0 Å². The van der Waals surface area contributed by atoms with Gasteiger partial charge in [0.05, 0.1) is 0 Å². The number of likely N-dealkylation sites (tertiary alicyclic amines) is 2. The van der Waals surface area contributed by atoms with Crippen molar-refractivity contribution in [3.8, 4) is 0 Å². The number of ether oxygens (including phenoxy) is 1. The Morgan fingerprint density at radius 1 is 1.03 bits per heavy atom. The second-order valence-corrected chi connectivity index (χ2v) is 11.6. The Bertz CT molecular complexity index is 651. The van der Waals surface area contributed by atoms with Gasteiger partial charge in [-0.15, -0.1) is 0 Å².